The summed E-state index contributed by atoms with van der Waals surface area (Å²) in [6.45, 7) is 8.34. The van der Waals surface area contributed by atoms with Gasteiger partial charge in [-0.2, -0.15) is 5.26 Å². The van der Waals surface area contributed by atoms with Gasteiger partial charge < -0.3 is 10.2 Å². The molecule has 92 valence electrons. The number of aromatic nitrogens is 2. The molecule has 0 unspecified atom stereocenters. The minimum atomic E-state index is 0.507. The summed E-state index contributed by atoms with van der Waals surface area (Å²) in [5.41, 5.74) is 0. The van der Waals surface area contributed by atoms with Crippen LogP contribution in [-0.2, 0) is 0 Å². The van der Waals surface area contributed by atoms with Crippen molar-refractivity contribution in [1.82, 2.24) is 9.97 Å². The molecule has 0 radical (unpaired) electrons. The molecule has 1 aromatic rings. The Labute approximate surface area is 102 Å². The minimum absolute atomic E-state index is 0.507. The molecule has 0 saturated carbocycles. The van der Waals surface area contributed by atoms with E-state index in [0.717, 1.165) is 30.5 Å². The minimum Gasteiger partial charge on any atom is -0.370 e. The molecule has 5 nitrogen and oxygen atoms in total. The second kappa shape index (κ2) is 6.69. The molecule has 1 aromatic heterocycles. The van der Waals surface area contributed by atoms with Gasteiger partial charge >= 0.3 is 0 Å². The normalized spacial score (nSPS) is 9.76. The summed E-state index contributed by atoms with van der Waals surface area (Å²) in [5.74, 6) is 2.46. The first-order chi connectivity index (χ1) is 8.21. The van der Waals surface area contributed by atoms with Gasteiger partial charge in [0.1, 0.15) is 17.5 Å². The number of aryl methyl sites for hydroxylation is 1. The largest absolute Gasteiger partial charge is 0.370 e. The van der Waals surface area contributed by atoms with Crippen molar-refractivity contribution < 1.29 is 0 Å². The van der Waals surface area contributed by atoms with E-state index in [1.165, 1.54) is 0 Å². The molecule has 0 aliphatic carbocycles. The van der Waals surface area contributed by atoms with E-state index in [-0.39, 0.29) is 0 Å². The first kappa shape index (κ1) is 13.2. The Balaban J connectivity index is 2.90. The highest BCUT2D eigenvalue weighted by molar-refractivity contribution is 5.49. The molecule has 1 heterocycles. The molecular formula is C12H19N5. The maximum atomic E-state index is 8.63. The van der Waals surface area contributed by atoms with E-state index in [9.17, 15) is 0 Å². The first-order valence-electron chi connectivity index (χ1n) is 5.92. The Hall–Kier alpha value is -1.83. The van der Waals surface area contributed by atoms with E-state index in [2.05, 4.69) is 33.2 Å². The first-order valence-corrected chi connectivity index (χ1v) is 5.92. The van der Waals surface area contributed by atoms with E-state index >= 15 is 0 Å². The van der Waals surface area contributed by atoms with Gasteiger partial charge in [0.2, 0.25) is 0 Å². The highest BCUT2D eigenvalue weighted by Gasteiger charge is 2.08. The zero-order valence-corrected chi connectivity index (χ0v) is 10.7. The quantitative estimate of drug-likeness (QED) is 0.813. The van der Waals surface area contributed by atoms with Crippen LogP contribution in [0.3, 0.4) is 0 Å². The van der Waals surface area contributed by atoms with Gasteiger partial charge in [-0.15, -0.1) is 0 Å². The molecule has 0 spiro atoms. The van der Waals surface area contributed by atoms with Gasteiger partial charge in [0, 0.05) is 25.7 Å². The van der Waals surface area contributed by atoms with Crippen molar-refractivity contribution in [2.24, 2.45) is 0 Å². The smallest absolute Gasteiger partial charge is 0.134 e. The summed E-state index contributed by atoms with van der Waals surface area (Å²) in [4.78, 5) is 10.8. The van der Waals surface area contributed by atoms with Crippen molar-refractivity contribution >= 4 is 11.6 Å². The second-order valence-corrected chi connectivity index (χ2v) is 3.68. The van der Waals surface area contributed by atoms with E-state index in [0.29, 0.717) is 13.0 Å². The SMILES string of the molecule is CCNc1cc(N(CC)CCC#N)nc(C)n1. The summed E-state index contributed by atoms with van der Waals surface area (Å²) < 4.78 is 0. The lowest BCUT2D eigenvalue weighted by Gasteiger charge is -2.21. The summed E-state index contributed by atoms with van der Waals surface area (Å²) in [7, 11) is 0. The second-order valence-electron chi connectivity index (χ2n) is 3.68. The lowest BCUT2D eigenvalue weighted by atomic mass is 10.3. The molecule has 0 bridgehead atoms. The van der Waals surface area contributed by atoms with Crippen LogP contribution in [0.25, 0.3) is 0 Å². The topological polar surface area (TPSA) is 64.8 Å². The Morgan fingerprint density at radius 1 is 1.41 bits per heavy atom. The van der Waals surface area contributed by atoms with Crippen LogP contribution in [0.4, 0.5) is 11.6 Å². The number of rotatable bonds is 6. The van der Waals surface area contributed by atoms with Crippen LogP contribution < -0.4 is 10.2 Å². The Kier molecular flexibility index (Phi) is 5.21. The van der Waals surface area contributed by atoms with Gasteiger partial charge in [0.25, 0.3) is 0 Å². The molecule has 0 fully saturated rings. The average molecular weight is 233 g/mol. The monoisotopic (exact) mass is 233 g/mol. The van der Waals surface area contributed by atoms with Gasteiger partial charge in [0.15, 0.2) is 0 Å². The molecule has 0 aromatic carbocycles. The summed E-state index contributed by atoms with van der Waals surface area (Å²) in [6.07, 6.45) is 0.507. The lowest BCUT2D eigenvalue weighted by molar-refractivity contribution is 0.802. The molecule has 0 amide bonds. The van der Waals surface area contributed by atoms with Crippen LogP contribution in [0.15, 0.2) is 6.07 Å². The third kappa shape index (κ3) is 3.91. The van der Waals surface area contributed by atoms with Gasteiger partial charge in [-0.1, -0.05) is 0 Å². The van der Waals surface area contributed by atoms with Crippen molar-refractivity contribution in [2.45, 2.75) is 27.2 Å². The molecule has 5 heteroatoms. The summed E-state index contributed by atoms with van der Waals surface area (Å²) >= 11 is 0. The zero-order chi connectivity index (χ0) is 12.7. The summed E-state index contributed by atoms with van der Waals surface area (Å²) in [5, 5.41) is 11.8. The van der Waals surface area contributed by atoms with Crippen molar-refractivity contribution in [2.75, 3.05) is 29.9 Å². The van der Waals surface area contributed by atoms with Crippen molar-refractivity contribution in [1.29, 1.82) is 5.26 Å². The fraction of sp³-hybridized carbons (Fsp3) is 0.583. The van der Waals surface area contributed by atoms with Crippen LogP contribution >= 0.6 is 0 Å². The van der Waals surface area contributed by atoms with Crippen molar-refractivity contribution in [3.63, 3.8) is 0 Å². The lowest BCUT2D eigenvalue weighted by Crippen LogP contribution is -2.25. The van der Waals surface area contributed by atoms with Crippen LogP contribution in [0, 0.1) is 18.3 Å². The predicted octanol–water partition coefficient (Wildman–Crippen LogP) is 1.96. The highest BCUT2D eigenvalue weighted by Crippen LogP contribution is 2.15. The average Bonchev–Trinajstić information content (AvgIpc) is 2.30. The zero-order valence-electron chi connectivity index (χ0n) is 10.7. The molecule has 1 N–H and O–H groups in total. The van der Waals surface area contributed by atoms with Crippen LogP contribution in [0.5, 0.6) is 0 Å². The molecule has 17 heavy (non-hydrogen) atoms. The molecule has 0 atom stereocenters. The van der Waals surface area contributed by atoms with Gasteiger partial charge in [-0.25, -0.2) is 9.97 Å². The standard InChI is InChI=1S/C12H19N5/c1-4-14-11-9-12(16-10(3)15-11)17(5-2)8-6-7-13/h9H,4-6,8H2,1-3H3,(H,14,15,16). The van der Waals surface area contributed by atoms with Crippen LogP contribution in [0.2, 0.25) is 0 Å². The van der Waals surface area contributed by atoms with E-state index in [1.807, 2.05) is 19.9 Å². The van der Waals surface area contributed by atoms with E-state index in [1.54, 1.807) is 0 Å². The number of nitrogens with one attached hydrogen (secondary N) is 1. The predicted molar refractivity (Wildman–Crippen MR) is 69.0 cm³/mol. The van der Waals surface area contributed by atoms with Gasteiger partial charge in [-0.05, 0) is 20.8 Å². The number of nitriles is 1. The van der Waals surface area contributed by atoms with Crippen LogP contribution in [0.1, 0.15) is 26.1 Å². The number of hydrogen-bond donors (Lipinski definition) is 1. The maximum Gasteiger partial charge on any atom is 0.134 e. The Bertz CT molecular complexity index is 396. The Morgan fingerprint density at radius 2 is 2.18 bits per heavy atom. The van der Waals surface area contributed by atoms with Crippen molar-refractivity contribution in [3.8, 4) is 6.07 Å². The maximum absolute atomic E-state index is 8.63. The third-order valence-electron chi connectivity index (χ3n) is 2.38. The van der Waals surface area contributed by atoms with Crippen LogP contribution in [-0.4, -0.2) is 29.6 Å². The molecule has 0 aliphatic heterocycles. The number of anilines is 2. The Morgan fingerprint density at radius 3 is 2.76 bits per heavy atom. The van der Waals surface area contributed by atoms with Crippen molar-refractivity contribution in [3.05, 3.63) is 11.9 Å². The molecular weight excluding hydrogens is 214 g/mol. The number of nitrogens with zero attached hydrogens (tertiary/aromatic N) is 4. The fourth-order valence-electron chi connectivity index (χ4n) is 1.61. The molecule has 1 rings (SSSR count). The number of hydrogen-bond acceptors (Lipinski definition) is 5. The third-order valence-corrected chi connectivity index (χ3v) is 2.38. The fourth-order valence-corrected chi connectivity index (χ4v) is 1.61. The van der Waals surface area contributed by atoms with E-state index in [4.69, 9.17) is 5.26 Å². The molecule has 0 saturated heterocycles. The molecule has 0 aliphatic rings. The van der Waals surface area contributed by atoms with Gasteiger partial charge in [-0.3, -0.25) is 0 Å². The van der Waals surface area contributed by atoms with Gasteiger partial charge in [0.05, 0.1) is 12.5 Å². The highest BCUT2D eigenvalue weighted by atomic mass is 15.2. The summed E-state index contributed by atoms with van der Waals surface area (Å²) in [6, 6.07) is 4.08. The van der Waals surface area contributed by atoms with E-state index < -0.39 is 0 Å².